The average Bonchev–Trinajstić information content (AvgIpc) is 3.16. The highest BCUT2D eigenvalue weighted by Gasteiger charge is 2.15. The molecule has 1 aromatic carbocycles. The molecule has 1 aliphatic rings. The van der Waals surface area contributed by atoms with Gasteiger partial charge in [-0.3, -0.25) is 4.79 Å². The highest BCUT2D eigenvalue weighted by molar-refractivity contribution is 7.10. The van der Waals surface area contributed by atoms with E-state index < -0.39 is 0 Å². The maximum Gasteiger partial charge on any atom is 0.272 e. The monoisotopic (exact) mass is 350 g/mol. The quantitative estimate of drug-likeness (QED) is 0.658. The topological polar surface area (TPSA) is 59.9 Å². The van der Waals surface area contributed by atoms with Crippen LogP contribution in [0.1, 0.15) is 34.1 Å². The van der Waals surface area contributed by atoms with Crippen LogP contribution < -0.4 is 14.9 Å². The maximum absolute atomic E-state index is 12.0. The van der Waals surface area contributed by atoms with Crippen LogP contribution in [0.15, 0.2) is 28.7 Å². The maximum atomic E-state index is 12.0. The van der Waals surface area contributed by atoms with E-state index in [0.29, 0.717) is 27.6 Å². The van der Waals surface area contributed by atoms with Crippen molar-refractivity contribution in [3.8, 4) is 11.5 Å². The van der Waals surface area contributed by atoms with Gasteiger partial charge < -0.3 is 9.47 Å². The summed E-state index contributed by atoms with van der Waals surface area (Å²) in [7, 11) is 0. The summed E-state index contributed by atoms with van der Waals surface area (Å²) in [5, 5.41) is 6.28. The number of hydrogen-bond donors (Lipinski definition) is 1. The van der Waals surface area contributed by atoms with Crippen LogP contribution in [-0.4, -0.2) is 18.9 Å². The van der Waals surface area contributed by atoms with Crippen molar-refractivity contribution in [2.45, 2.75) is 19.8 Å². The van der Waals surface area contributed by atoms with Gasteiger partial charge in [0.15, 0.2) is 11.5 Å². The summed E-state index contributed by atoms with van der Waals surface area (Å²) >= 11 is 7.72. The predicted octanol–water partition coefficient (Wildman–Crippen LogP) is 3.85. The molecule has 1 aromatic heterocycles. The predicted molar refractivity (Wildman–Crippen MR) is 90.9 cm³/mol. The molecule has 0 saturated heterocycles. The van der Waals surface area contributed by atoms with Crippen LogP contribution in [0.2, 0.25) is 5.02 Å². The molecule has 0 fully saturated rings. The van der Waals surface area contributed by atoms with Gasteiger partial charge in [0.05, 0.1) is 16.8 Å². The van der Waals surface area contributed by atoms with Crippen molar-refractivity contribution < 1.29 is 14.3 Å². The van der Waals surface area contributed by atoms with Gasteiger partial charge in [-0.1, -0.05) is 24.9 Å². The van der Waals surface area contributed by atoms with Crippen molar-refractivity contribution in [3.05, 3.63) is 44.6 Å². The normalized spacial score (nSPS) is 12.8. The molecule has 1 aliphatic heterocycles. The van der Waals surface area contributed by atoms with E-state index in [0.717, 1.165) is 12.8 Å². The fraction of sp³-hybridized carbons (Fsp3) is 0.250. The number of thiophene rings is 1. The standard InChI is InChI=1S/C16H15ClN2O3S/c1-2-3-12-4-11(8-23-12)16(20)19-18-7-10-5-14-15(6-13(10)17)22-9-21-14/h4-8H,2-3,9H2,1H3,(H,19,20)/b18-7+. The van der Waals surface area contributed by atoms with Gasteiger partial charge in [-0.25, -0.2) is 5.43 Å². The highest BCUT2D eigenvalue weighted by Crippen LogP contribution is 2.36. The molecule has 1 N–H and O–H groups in total. The Morgan fingerprint density at radius 3 is 2.96 bits per heavy atom. The Morgan fingerprint density at radius 1 is 1.39 bits per heavy atom. The highest BCUT2D eigenvalue weighted by atomic mass is 35.5. The Labute approximate surface area is 142 Å². The molecule has 0 unspecified atom stereocenters. The smallest absolute Gasteiger partial charge is 0.272 e. The number of hydrogen-bond acceptors (Lipinski definition) is 5. The Balaban J connectivity index is 1.65. The van der Waals surface area contributed by atoms with E-state index in [2.05, 4.69) is 17.5 Å². The molecule has 7 heteroatoms. The lowest BCUT2D eigenvalue weighted by Gasteiger charge is -2.01. The first kappa shape index (κ1) is 15.8. The van der Waals surface area contributed by atoms with E-state index in [-0.39, 0.29) is 12.7 Å². The van der Waals surface area contributed by atoms with E-state index >= 15 is 0 Å². The third-order valence-electron chi connectivity index (χ3n) is 3.27. The number of fused-ring (bicyclic) bond motifs is 1. The first-order valence-electron chi connectivity index (χ1n) is 7.17. The molecule has 0 atom stereocenters. The molecule has 120 valence electrons. The number of carbonyl (C=O) groups excluding carboxylic acids is 1. The summed E-state index contributed by atoms with van der Waals surface area (Å²) < 4.78 is 10.5. The van der Waals surface area contributed by atoms with Gasteiger partial charge in [0.1, 0.15) is 0 Å². The lowest BCUT2D eigenvalue weighted by Crippen LogP contribution is -2.16. The second-order valence-electron chi connectivity index (χ2n) is 4.98. The summed E-state index contributed by atoms with van der Waals surface area (Å²) in [4.78, 5) is 13.2. The summed E-state index contributed by atoms with van der Waals surface area (Å²) in [6.45, 7) is 2.29. The van der Waals surface area contributed by atoms with Crippen molar-refractivity contribution in [1.29, 1.82) is 0 Å². The fourth-order valence-electron chi connectivity index (χ4n) is 2.13. The molecule has 2 heterocycles. The van der Waals surface area contributed by atoms with Crippen molar-refractivity contribution >= 4 is 35.1 Å². The SMILES string of the molecule is CCCc1cc(C(=O)N/N=C/c2cc3c(cc2Cl)OCO3)cs1. The van der Waals surface area contributed by atoms with Crippen LogP contribution in [0, 0.1) is 0 Å². The molecule has 0 aliphatic carbocycles. The summed E-state index contributed by atoms with van der Waals surface area (Å²) in [6, 6.07) is 5.29. The zero-order chi connectivity index (χ0) is 16.2. The summed E-state index contributed by atoms with van der Waals surface area (Å²) in [5.74, 6) is 0.985. The molecule has 0 saturated carbocycles. The summed E-state index contributed by atoms with van der Waals surface area (Å²) in [5.41, 5.74) is 3.77. The molecule has 0 radical (unpaired) electrons. The first-order valence-corrected chi connectivity index (χ1v) is 8.43. The molecule has 5 nitrogen and oxygen atoms in total. The number of rotatable bonds is 5. The van der Waals surface area contributed by atoms with E-state index in [1.165, 1.54) is 11.1 Å². The number of nitrogens with one attached hydrogen (secondary N) is 1. The van der Waals surface area contributed by atoms with Gasteiger partial charge in [-0.05, 0) is 18.6 Å². The fourth-order valence-corrected chi connectivity index (χ4v) is 3.31. The molecule has 23 heavy (non-hydrogen) atoms. The third-order valence-corrected chi connectivity index (χ3v) is 4.60. The molecule has 1 amide bonds. The summed E-state index contributed by atoms with van der Waals surface area (Å²) in [6.07, 6.45) is 3.53. The van der Waals surface area contributed by atoms with Crippen molar-refractivity contribution in [1.82, 2.24) is 5.43 Å². The van der Waals surface area contributed by atoms with E-state index in [1.807, 2.05) is 11.4 Å². The number of aryl methyl sites for hydroxylation is 1. The zero-order valence-corrected chi connectivity index (χ0v) is 14.0. The lowest BCUT2D eigenvalue weighted by molar-refractivity contribution is 0.0955. The van der Waals surface area contributed by atoms with E-state index in [1.54, 1.807) is 23.5 Å². The Bertz CT molecular complexity index is 758. The second kappa shape index (κ2) is 7.02. The molecular formula is C16H15ClN2O3S. The van der Waals surface area contributed by atoms with E-state index in [4.69, 9.17) is 21.1 Å². The number of ether oxygens (including phenoxy) is 2. The van der Waals surface area contributed by atoms with Gasteiger partial charge in [0.25, 0.3) is 5.91 Å². The van der Waals surface area contributed by atoms with Crippen molar-refractivity contribution in [2.75, 3.05) is 6.79 Å². The number of carbonyl (C=O) groups is 1. The number of benzene rings is 1. The van der Waals surface area contributed by atoms with Crippen LogP contribution >= 0.6 is 22.9 Å². The van der Waals surface area contributed by atoms with Crippen LogP contribution in [-0.2, 0) is 6.42 Å². The second-order valence-corrected chi connectivity index (χ2v) is 6.38. The molecule has 2 aromatic rings. The van der Waals surface area contributed by atoms with Gasteiger partial charge in [-0.2, -0.15) is 5.10 Å². The van der Waals surface area contributed by atoms with Crippen LogP contribution in [0.5, 0.6) is 11.5 Å². The number of amides is 1. The Hall–Kier alpha value is -2.05. The number of nitrogens with zero attached hydrogens (tertiary/aromatic N) is 1. The minimum Gasteiger partial charge on any atom is -0.454 e. The average molecular weight is 351 g/mol. The molecule has 0 bridgehead atoms. The van der Waals surface area contributed by atoms with Crippen molar-refractivity contribution in [2.24, 2.45) is 5.10 Å². The Kier molecular flexibility index (Phi) is 4.83. The molecule has 3 rings (SSSR count). The number of halogens is 1. The van der Waals surface area contributed by atoms with Gasteiger partial charge in [0.2, 0.25) is 6.79 Å². The number of hydrazone groups is 1. The largest absolute Gasteiger partial charge is 0.454 e. The van der Waals surface area contributed by atoms with Gasteiger partial charge in [-0.15, -0.1) is 11.3 Å². The van der Waals surface area contributed by atoms with Gasteiger partial charge >= 0.3 is 0 Å². The molecule has 0 spiro atoms. The molecular weight excluding hydrogens is 336 g/mol. The van der Waals surface area contributed by atoms with Crippen molar-refractivity contribution in [3.63, 3.8) is 0 Å². The minimum absolute atomic E-state index is 0.182. The third kappa shape index (κ3) is 3.65. The van der Waals surface area contributed by atoms with Crippen LogP contribution in [0.3, 0.4) is 0 Å². The Morgan fingerprint density at radius 2 is 2.17 bits per heavy atom. The van der Waals surface area contributed by atoms with Gasteiger partial charge in [0, 0.05) is 21.9 Å². The first-order chi connectivity index (χ1) is 11.2. The zero-order valence-electron chi connectivity index (χ0n) is 12.5. The van der Waals surface area contributed by atoms with E-state index in [9.17, 15) is 4.79 Å². The minimum atomic E-state index is -0.239. The van der Waals surface area contributed by atoms with Crippen LogP contribution in [0.4, 0.5) is 0 Å². The van der Waals surface area contributed by atoms with Crippen LogP contribution in [0.25, 0.3) is 0 Å². The lowest BCUT2D eigenvalue weighted by atomic mass is 10.2.